The highest BCUT2D eigenvalue weighted by atomic mass is 35.5. The Balaban J connectivity index is 1.91. The smallest absolute Gasteiger partial charge is 0.176 e. The van der Waals surface area contributed by atoms with Crippen molar-refractivity contribution in [3.05, 3.63) is 34.9 Å². The maximum Gasteiger partial charge on any atom is 0.176 e. The highest BCUT2D eigenvalue weighted by Gasteiger charge is 2.19. The van der Waals surface area contributed by atoms with Gasteiger partial charge in [0.25, 0.3) is 0 Å². The van der Waals surface area contributed by atoms with Crippen LogP contribution in [-0.4, -0.2) is 43.4 Å². The number of piperidine rings is 1. The molecule has 18 heavy (non-hydrogen) atoms. The molecule has 98 valence electrons. The van der Waals surface area contributed by atoms with Gasteiger partial charge < -0.3 is 5.32 Å². The summed E-state index contributed by atoms with van der Waals surface area (Å²) in [7, 11) is 2.03. The van der Waals surface area contributed by atoms with Gasteiger partial charge in [-0.15, -0.1) is 0 Å². The molecule has 0 radical (unpaired) electrons. The fourth-order valence-corrected chi connectivity index (χ4v) is 2.46. The number of carbonyl (C=O) groups is 1. The number of benzene rings is 1. The van der Waals surface area contributed by atoms with E-state index in [0.717, 1.165) is 31.5 Å². The van der Waals surface area contributed by atoms with E-state index < -0.39 is 0 Å². The van der Waals surface area contributed by atoms with Crippen molar-refractivity contribution in [2.45, 2.75) is 18.9 Å². The lowest BCUT2D eigenvalue weighted by atomic mass is 10.0. The number of carbonyl (C=O) groups excluding carboxylic acids is 1. The second-order valence-corrected chi connectivity index (χ2v) is 5.26. The van der Waals surface area contributed by atoms with Crippen LogP contribution in [0.1, 0.15) is 23.2 Å². The van der Waals surface area contributed by atoms with Crippen molar-refractivity contribution in [2.75, 3.05) is 26.7 Å². The summed E-state index contributed by atoms with van der Waals surface area (Å²) in [5.74, 6) is 0.160. The van der Waals surface area contributed by atoms with E-state index >= 15 is 0 Å². The van der Waals surface area contributed by atoms with Gasteiger partial charge in [0, 0.05) is 16.6 Å². The van der Waals surface area contributed by atoms with Gasteiger partial charge in [0.05, 0.1) is 6.54 Å². The SMILES string of the molecule is CN(CC(=O)c1ccc(Cl)cc1)C1CCNCC1. The largest absolute Gasteiger partial charge is 0.317 e. The Morgan fingerprint density at radius 2 is 1.94 bits per heavy atom. The Bertz CT molecular complexity index is 399. The minimum absolute atomic E-state index is 0.160. The zero-order valence-electron chi connectivity index (χ0n) is 10.7. The van der Waals surface area contributed by atoms with Gasteiger partial charge in [-0.3, -0.25) is 9.69 Å². The van der Waals surface area contributed by atoms with Crippen molar-refractivity contribution in [3.8, 4) is 0 Å². The van der Waals surface area contributed by atoms with E-state index in [2.05, 4.69) is 10.2 Å². The molecule has 0 aromatic heterocycles. The number of halogens is 1. The molecule has 0 saturated carbocycles. The zero-order chi connectivity index (χ0) is 13.0. The van der Waals surface area contributed by atoms with Crippen molar-refractivity contribution in [2.24, 2.45) is 0 Å². The van der Waals surface area contributed by atoms with Crippen molar-refractivity contribution in [3.63, 3.8) is 0 Å². The molecule has 1 saturated heterocycles. The Labute approximate surface area is 113 Å². The topological polar surface area (TPSA) is 32.3 Å². The molecule has 1 heterocycles. The minimum atomic E-state index is 0.160. The molecule has 3 nitrogen and oxygen atoms in total. The highest BCUT2D eigenvalue weighted by molar-refractivity contribution is 6.30. The van der Waals surface area contributed by atoms with Gasteiger partial charge in [-0.25, -0.2) is 0 Å². The summed E-state index contributed by atoms with van der Waals surface area (Å²) in [6.07, 6.45) is 2.23. The van der Waals surface area contributed by atoms with Gasteiger partial charge in [0.2, 0.25) is 0 Å². The van der Waals surface area contributed by atoms with Crippen LogP contribution in [0.25, 0.3) is 0 Å². The number of rotatable bonds is 4. The summed E-state index contributed by atoms with van der Waals surface area (Å²) in [6, 6.07) is 7.63. The van der Waals surface area contributed by atoms with Gasteiger partial charge >= 0.3 is 0 Å². The van der Waals surface area contributed by atoms with Crippen LogP contribution in [0.2, 0.25) is 5.02 Å². The van der Waals surface area contributed by atoms with E-state index in [4.69, 9.17) is 11.6 Å². The molecule has 1 fully saturated rings. The number of Topliss-reactive ketones (excluding diaryl/α,β-unsaturated/α-hetero) is 1. The number of hydrogen-bond acceptors (Lipinski definition) is 3. The number of hydrogen-bond donors (Lipinski definition) is 1. The van der Waals surface area contributed by atoms with Gasteiger partial charge in [0.1, 0.15) is 0 Å². The average Bonchev–Trinajstić information content (AvgIpc) is 2.40. The Morgan fingerprint density at radius 1 is 1.33 bits per heavy atom. The van der Waals surface area contributed by atoms with Gasteiger partial charge in [-0.2, -0.15) is 0 Å². The van der Waals surface area contributed by atoms with Crippen LogP contribution >= 0.6 is 11.6 Å². The summed E-state index contributed by atoms with van der Waals surface area (Å²) < 4.78 is 0. The Hall–Kier alpha value is -0.900. The minimum Gasteiger partial charge on any atom is -0.317 e. The first-order chi connectivity index (χ1) is 8.66. The van der Waals surface area contributed by atoms with Crippen LogP contribution in [0.5, 0.6) is 0 Å². The fourth-order valence-electron chi connectivity index (χ4n) is 2.33. The lowest BCUT2D eigenvalue weighted by Crippen LogP contribution is -2.43. The van der Waals surface area contributed by atoms with Gasteiger partial charge in [-0.1, -0.05) is 11.6 Å². The summed E-state index contributed by atoms with van der Waals surface area (Å²) >= 11 is 5.82. The molecule has 1 aromatic carbocycles. The molecule has 1 aliphatic rings. The van der Waals surface area contributed by atoms with Crippen molar-refractivity contribution >= 4 is 17.4 Å². The van der Waals surface area contributed by atoms with E-state index in [0.29, 0.717) is 17.6 Å². The third kappa shape index (κ3) is 3.55. The zero-order valence-corrected chi connectivity index (χ0v) is 11.4. The van der Waals surface area contributed by atoms with Crippen LogP contribution in [0, 0.1) is 0 Å². The third-order valence-corrected chi connectivity index (χ3v) is 3.74. The van der Waals surface area contributed by atoms with Gasteiger partial charge in [0.15, 0.2) is 5.78 Å². The molecule has 4 heteroatoms. The fraction of sp³-hybridized carbons (Fsp3) is 0.500. The Morgan fingerprint density at radius 3 is 2.56 bits per heavy atom. The lowest BCUT2D eigenvalue weighted by molar-refractivity contribution is 0.0903. The Kier molecular flexibility index (Phi) is 4.75. The average molecular weight is 267 g/mol. The molecule has 0 unspecified atom stereocenters. The molecular formula is C14H19ClN2O. The molecule has 1 N–H and O–H groups in total. The number of ketones is 1. The van der Waals surface area contributed by atoms with Crippen LogP contribution in [-0.2, 0) is 0 Å². The molecule has 0 bridgehead atoms. The molecule has 0 amide bonds. The maximum atomic E-state index is 12.1. The van der Waals surface area contributed by atoms with Crippen molar-refractivity contribution < 1.29 is 4.79 Å². The van der Waals surface area contributed by atoms with E-state index in [1.807, 2.05) is 7.05 Å². The first-order valence-electron chi connectivity index (χ1n) is 6.36. The molecule has 1 aromatic rings. The van der Waals surface area contributed by atoms with E-state index in [9.17, 15) is 4.79 Å². The molecular weight excluding hydrogens is 248 g/mol. The number of nitrogens with one attached hydrogen (secondary N) is 1. The summed E-state index contributed by atoms with van der Waals surface area (Å²) in [5.41, 5.74) is 0.736. The summed E-state index contributed by atoms with van der Waals surface area (Å²) in [6.45, 7) is 2.57. The van der Waals surface area contributed by atoms with E-state index in [1.54, 1.807) is 24.3 Å². The van der Waals surface area contributed by atoms with Crippen LogP contribution in [0.15, 0.2) is 24.3 Å². The van der Waals surface area contributed by atoms with Crippen molar-refractivity contribution in [1.82, 2.24) is 10.2 Å². The molecule has 1 aliphatic heterocycles. The molecule has 0 atom stereocenters. The second kappa shape index (κ2) is 6.32. The molecule has 0 spiro atoms. The standard InChI is InChI=1S/C14H19ClN2O/c1-17(13-6-8-16-9-7-13)10-14(18)11-2-4-12(15)5-3-11/h2-5,13,16H,6-10H2,1H3. The van der Waals surface area contributed by atoms with E-state index in [-0.39, 0.29) is 5.78 Å². The van der Waals surface area contributed by atoms with Crippen LogP contribution < -0.4 is 5.32 Å². The first kappa shape index (κ1) is 13.5. The second-order valence-electron chi connectivity index (χ2n) is 4.83. The summed E-state index contributed by atoms with van der Waals surface area (Å²) in [5, 5.41) is 4.00. The maximum absolute atomic E-state index is 12.1. The van der Waals surface area contributed by atoms with Crippen LogP contribution in [0.3, 0.4) is 0 Å². The summed E-state index contributed by atoms with van der Waals surface area (Å²) in [4.78, 5) is 14.3. The number of nitrogens with zero attached hydrogens (tertiary/aromatic N) is 1. The predicted molar refractivity (Wildman–Crippen MR) is 74.3 cm³/mol. The monoisotopic (exact) mass is 266 g/mol. The quantitative estimate of drug-likeness (QED) is 0.848. The van der Waals surface area contributed by atoms with Crippen molar-refractivity contribution in [1.29, 1.82) is 0 Å². The van der Waals surface area contributed by atoms with Crippen LogP contribution in [0.4, 0.5) is 0 Å². The number of likely N-dealkylation sites (N-methyl/N-ethyl adjacent to an activating group) is 1. The highest BCUT2D eigenvalue weighted by Crippen LogP contribution is 2.13. The normalized spacial score (nSPS) is 17.1. The third-order valence-electron chi connectivity index (χ3n) is 3.49. The van der Waals surface area contributed by atoms with Gasteiger partial charge in [-0.05, 0) is 57.2 Å². The predicted octanol–water partition coefficient (Wildman–Crippen LogP) is 2.21. The molecule has 0 aliphatic carbocycles. The first-order valence-corrected chi connectivity index (χ1v) is 6.74. The molecule has 2 rings (SSSR count). The lowest BCUT2D eigenvalue weighted by Gasteiger charge is -2.31. The van der Waals surface area contributed by atoms with E-state index in [1.165, 1.54) is 0 Å².